The topological polar surface area (TPSA) is 92.4 Å². The average Bonchev–Trinajstić information content (AvgIpc) is 2.17. The number of rotatable bonds is 5. The van der Waals surface area contributed by atoms with Crippen LogP contribution in [0.3, 0.4) is 0 Å². The molecule has 1 aromatic carbocycles. The zero-order valence-corrected chi connectivity index (χ0v) is 10.6. The summed E-state index contributed by atoms with van der Waals surface area (Å²) in [5, 5.41) is 11.5. The summed E-state index contributed by atoms with van der Waals surface area (Å²) in [6.45, 7) is 3.52. The van der Waals surface area contributed by atoms with Crippen LogP contribution in [0.25, 0.3) is 0 Å². The molecule has 1 aromatic rings. The number of benzene rings is 1. The molecule has 18 heavy (non-hydrogen) atoms. The van der Waals surface area contributed by atoms with E-state index < -0.39 is 11.5 Å². The number of anilines is 1. The fourth-order valence-electron chi connectivity index (χ4n) is 1.57. The lowest BCUT2D eigenvalue weighted by molar-refractivity contribution is -0.136. The second-order valence-corrected chi connectivity index (χ2v) is 4.94. The minimum atomic E-state index is -0.934. The number of carbonyl (C=O) groups excluding carboxylic acids is 1. The maximum atomic E-state index is 11.7. The minimum absolute atomic E-state index is 0.123. The van der Waals surface area contributed by atoms with Gasteiger partial charge in [-0.2, -0.15) is 0 Å². The van der Waals surface area contributed by atoms with Crippen LogP contribution in [0, 0.1) is 0 Å². The van der Waals surface area contributed by atoms with E-state index in [1.807, 2.05) is 0 Å². The van der Waals surface area contributed by atoms with Crippen molar-refractivity contribution in [2.75, 3.05) is 5.32 Å². The molecular formula is C13H18N2O3. The van der Waals surface area contributed by atoms with E-state index in [4.69, 9.17) is 10.8 Å². The predicted octanol–water partition coefficient (Wildman–Crippen LogP) is 1.38. The van der Waals surface area contributed by atoms with E-state index in [0.717, 1.165) is 0 Å². The number of carboxylic acid groups (broad SMARTS) is 1. The molecule has 5 nitrogen and oxygen atoms in total. The molecule has 4 N–H and O–H groups in total. The molecule has 98 valence electrons. The van der Waals surface area contributed by atoms with Crippen molar-refractivity contribution in [2.24, 2.45) is 5.73 Å². The van der Waals surface area contributed by atoms with Gasteiger partial charge in [0.1, 0.15) is 0 Å². The smallest absolute Gasteiger partial charge is 0.307 e. The second kappa shape index (κ2) is 5.64. The zero-order chi connectivity index (χ0) is 13.8. The van der Waals surface area contributed by atoms with E-state index in [2.05, 4.69) is 5.32 Å². The van der Waals surface area contributed by atoms with E-state index in [1.165, 1.54) is 0 Å². The van der Waals surface area contributed by atoms with Crippen LogP contribution in [0.2, 0.25) is 0 Å². The monoisotopic (exact) mass is 250 g/mol. The fraction of sp³-hybridized carbons (Fsp3) is 0.385. The molecule has 0 bridgehead atoms. The number of aliphatic carboxylic acids is 1. The van der Waals surface area contributed by atoms with Crippen molar-refractivity contribution in [3.63, 3.8) is 0 Å². The van der Waals surface area contributed by atoms with Gasteiger partial charge in [0.25, 0.3) is 0 Å². The van der Waals surface area contributed by atoms with Gasteiger partial charge in [0.2, 0.25) is 5.91 Å². The first kappa shape index (κ1) is 14.2. The zero-order valence-electron chi connectivity index (χ0n) is 10.6. The lowest BCUT2D eigenvalue weighted by Crippen LogP contribution is -2.36. The van der Waals surface area contributed by atoms with Gasteiger partial charge in [0.15, 0.2) is 0 Å². The number of nitrogens with one attached hydrogen (secondary N) is 1. The molecule has 0 spiro atoms. The summed E-state index contributed by atoms with van der Waals surface area (Å²) in [6.07, 6.45) is 0.0525. The third kappa shape index (κ3) is 4.97. The van der Waals surface area contributed by atoms with Gasteiger partial charge in [-0.3, -0.25) is 9.59 Å². The third-order valence-electron chi connectivity index (χ3n) is 2.25. The standard InChI is InChI=1S/C13H18N2O3/c1-13(2,14)8-11(16)15-10-6-4-3-5-9(10)7-12(17)18/h3-6H,7-8,14H2,1-2H3,(H,15,16)(H,17,18). The van der Waals surface area contributed by atoms with Crippen molar-refractivity contribution in [1.82, 2.24) is 0 Å². The van der Waals surface area contributed by atoms with Crippen LogP contribution in [0.1, 0.15) is 25.8 Å². The van der Waals surface area contributed by atoms with Gasteiger partial charge in [0.05, 0.1) is 6.42 Å². The number of carboxylic acids is 1. The molecule has 0 saturated heterocycles. The highest BCUT2D eigenvalue weighted by Gasteiger charge is 2.17. The number of carbonyl (C=O) groups is 2. The largest absolute Gasteiger partial charge is 0.481 e. The SMILES string of the molecule is CC(C)(N)CC(=O)Nc1ccccc1CC(=O)O. The van der Waals surface area contributed by atoms with Crippen molar-refractivity contribution in [1.29, 1.82) is 0 Å². The Kier molecular flexibility index (Phi) is 4.44. The maximum absolute atomic E-state index is 11.7. The van der Waals surface area contributed by atoms with Crippen LogP contribution < -0.4 is 11.1 Å². The van der Waals surface area contributed by atoms with Crippen molar-refractivity contribution < 1.29 is 14.7 Å². The van der Waals surface area contributed by atoms with Crippen LogP contribution in [0.5, 0.6) is 0 Å². The van der Waals surface area contributed by atoms with Gasteiger partial charge in [-0.05, 0) is 25.5 Å². The van der Waals surface area contributed by atoms with E-state index >= 15 is 0 Å². The molecule has 0 aliphatic rings. The van der Waals surface area contributed by atoms with Crippen LogP contribution in [0.4, 0.5) is 5.69 Å². The average molecular weight is 250 g/mol. The van der Waals surface area contributed by atoms with Gasteiger partial charge >= 0.3 is 5.97 Å². The summed E-state index contributed by atoms with van der Waals surface area (Å²) in [5.74, 6) is -1.16. The summed E-state index contributed by atoms with van der Waals surface area (Å²) in [5.41, 5.74) is 6.26. The fourth-order valence-corrected chi connectivity index (χ4v) is 1.57. The molecule has 1 rings (SSSR count). The first-order valence-corrected chi connectivity index (χ1v) is 5.66. The Balaban J connectivity index is 2.78. The Labute approximate surface area is 106 Å². The lowest BCUT2D eigenvalue weighted by atomic mass is 10.0. The molecule has 0 heterocycles. The molecule has 0 unspecified atom stereocenters. The molecule has 0 aliphatic carbocycles. The Morgan fingerprint density at radius 1 is 1.33 bits per heavy atom. The third-order valence-corrected chi connectivity index (χ3v) is 2.25. The van der Waals surface area contributed by atoms with E-state index in [1.54, 1.807) is 38.1 Å². The van der Waals surface area contributed by atoms with Gasteiger partial charge < -0.3 is 16.2 Å². The first-order chi connectivity index (χ1) is 8.28. The highest BCUT2D eigenvalue weighted by atomic mass is 16.4. The summed E-state index contributed by atoms with van der Waals surface area (Å²) in [6, 6.07) is 6.84. The number of amides is 1. The maximum Gasteiger partial charge on any atom is 0.307 e. The highest BCUT2D eigenvalue weighted by molar-refractivity contribution is 5.92. The molecular weight excluding hydrogens is 232 g/mol. The number of nitrogens with two attached hydrogens (primary N) is 1. The summed E-state index contributed by atoms with van der Waals surface area (Å²) in [7, 11) is 0. The summed E-state index contributed by atoms with van der Waals surface area (Å²) in [4.78, 5) is 22.4. The predicted molar refractivity (Wildman–Crippen MR) is 69.3 cm³/mol. The van der Waals surface area contributed by atoms with Gasteiger partial charge in [0, 0.05) is 17.6 Å². The van der Waals surface area contributed by atoms with Crippen LogP contribution in [-0.4, -0.2) is 22.5 Å². The Hall–Kier alpha value is -1.88. The molecule has 0 aromatic heterocycles. The Morgan fingerprint density at radius 2 is 1.94 bits per heavy atom. The molecule has 5 heteroatoms. The van der Waals surface area contributed by atoms with Crippen molar-refractivity contribution in [3.05, 3.63) is 29.8 Å². The second-order valence-electron chi connectivity index (χ2n) is 4.94. The Bertz CT molecular complexity index is 450. The Morgan fingerprint density at radius 3 is 2.50 bits per heavy atom. The molecule has 1 amide bonds. The van der Waals surface area contributed by atoms with Gasteiger partial charge in [-0.1, -0.05) is 18.2 Å². The first-order valence-electron chi connectivity index (χ1n) is 5.66. The molecule has 0 radical (unpaired) electrons. The van der Waals surface area contributed by atoms with Crippen LogP contribution >= 0.6 is 0 Å². The van der Waals surface area contributed by atoms with Gasteiger partial charge in [-0.25, -0.2) is 0 Å². The van der Waals surface area contributed by atoms with Crippen LogP contribution in [-0.2, 0) is 16.0 Å². The number of hydrogen-bond donors (Lipinski definition) is 3. The molecule has 0 fully saturated rings. The molecule has 0 atom stereocenters. The summed E-state index contributed by atoms with van der Waals surface area (Å²) >= 11 is 0. The van der Waals surface area contributed by atoms with Crippen molar-refractivity contribution in [2.45, 2.75) is 32.2 Å². The van der Waals surface area contributed by atoms with Crippen molar-refractivity contribution in [3.8, 4) is 0 Å². The molecule has 0 saturated carbocycles. The molecule has 0 aliphatic heterocycles. The van der Waals surface area contributed by atoms with Gasteiger partial charge in [-0.15, -0.1) is 0 Å². The minimum Gasteiger partial charge on any atom is -0.481 e. The number of hydrogen-bond acceptors (Lipinski definition) is 3. The number of para-hydroxylation sites is 1. The van der Waals surface area contributed by atoms with E-state index in [-0.39, 0.29) is 18.7 Å². The normalized spacial score (nSPS) is 11.1. The highest BCUT2D eigenvalue weighted by Crippen LogP contribution is 2.17. The quantitative estimate of drug-likeness (QED) is 0.736. The summed E-state index contributed by atoms with van der Waals surface area (Å²) < 4.78 is 0. The lowest BCUT2D eigenvalue weighted by Gasteiger charge is -2.18. The van der Waals surface area contributed by atoms with E-state index in [9.17, 15) is 9.59 Å². The van der Waals surface area contributed by atoms with Crippen LogP contribution in [0.15, 0.2) is 24.3 Å². The van der Waals surface area contributed by atoms with E-state index in [0.29, 0.717) is 11.3 Å². The van der Waals surface area contributed by atoms with Crippen molar-refractivity contribution >= 4 is 17.6 Å².